The number of ether oxygens (including phenoxy) is 1. The van der Waals surface area contributed by atoms with Gasteiger partial charge in [-0.2, -0.15) is 0 Å². The Morgan fingerprint density at radius 3 is 2.63 bits per heavy atom. The Bertz CT molecular complexity index is 285. The van der Waals surface area contributed by atoms with Crippen molar-refractivity contribution in [3.63, 3.8) is 0 Å². The van der Waals surface area contributed by atoms with Gasteiger partial charge in [-0.25, -0.2) is 0 Å². The van der Waals surface area contributed by atoms with Gasteiger partial charge in [0.25, 0.3) is 0 Å². The molecule has 110 valence electrons. The quantitative estimate of drug-likeness (QED) is 0.832. The van der Waals surface area contributed by atoms with Gasteiger partial charge in [-0.15, -0.1) is 0 Å². The van der Waals surface area contributed by atoms with Gasteiger partial charge in [-0.3, -0.25) is 0 Å². The van der Waals surface area contributed by atoms with E-state index in [0.717, 1.165) is 18.4 Å². The van der Waals surface area contributed by atoms with Crippen molar-refractivity contribution in [2.45, 2.75) is 82.8 Å². The Labute approximate surface area is 118 Å². The molecule has 19 heavy (non-hydrogen) atoms. The van der Waals surface area contributed by atoms with E-state index in [1.54, 1.807) is 0 Å². The minimum Gasteiger partial charge on any atom is -0.370 e. The molecule has 3 unspecified atom stereocenters. The molecular weight excluding hydrogens is 234 g/mol. The summed E-state index contributed by atoms with van der Waals surface area (Å²) in [6.07, 6.45) is 14.3. The molecule has 2 aliphatic carbocycles. The summed E-state index contributed by atoms with van der Waals surface area (Å²) in [4.78, 5) is 0. The molecular formula is C17H31NO. The number of nitrogens with one attached hydrogen (secondary N) is 1. The van der Waals surface area contributed by atoms with Crippen LogP contribution < -0.4 is 5.32 Å². The molecule has 3 fully saturated rings. The monoisotopic (exact) mass is 265 g/mol. The van der Waals surface area contributed by atoms with Gasteiger partial charge in [0.05, 0.1) is 11.7 Å². The van der Waals surface area contributed by atoms with E-state index in [0.29, 0.717) is 11.7 Å². The lowest BCUT2D eigenvalue weighted by atomic mass is 9.82. The molecule has 3 atom stereocenters. The molecule has 1 heterocycles. The van der Waals surface area contributed by atoms with Crippen molar-refractivity contribution in [3.8, 4) is 0 Å². The van der Waals surface area contributed by atoms with E-state index in [-0.39, 0.29) is 0 Å². The molecule has 2 heteroatoms. The fraction of sp³-hybridized carbons (Fsp3) is 1.00. The molecule has 1 saturated heterocycles. The van der Waals surface area contributed by atoms with Crippen LogP contribution in [0.15, 0.2) is 0 Å². The number of hydrogen-bond acceptors (Lipinski definition) is 2. The Morgan fingerprint density at radius 2 is 1.84 bits per heavy atom. The van der Waals surface area contributed by atoms with E-state index in [2.05, 4.69) is 12.2 Å². The first-order valence-electron chi connectivity index (χ1n) is 8.64. The van der Waals surface area contributed by atoms with Crippen molar-refractivity contribution in [2.24, 2.45) is 11.8 Å². The first kappa shape index (κ1) is 13.9. The van der Waals surface area contributed by atoms with Crippen LogP contribution in [0.1, 0.15) is 71.1 Å². The van der Waals surface area contributed by atoms with Crippen LogP contribution in [0.5, 0.6) is 0 Å². The zero-order valence-electron chi connectivity index (χ0n) is 12.6. The summed E-state index contributed by atoms with van der Waals surface area (Å²) < 4.78 is 6.36. The van der Waals surface area contributed by atoms with Gasteiger partial charge in [-0.1, -0.05) is 32.6 Å². The van der Waals surface area contributed by atoms with Crippen molar-refractivity contribution in [1.29, 1.82) is 0 Å². The molecule has 1 N–H and O–H groups in total. The van der Waals surface area contributed by atoms with Crippen LogP contribution in [0.3, 0.4) is 0 Å². The SMILES string of the molecule is CC1CCCC(CNCC2CCC3(CCCC3)O2)C1. The molecule has 3 aliphatic rings. The maximum Gasteiger partial charge on any atom is 0.0708 e. The predicted molar refractivity (Wildman–Crippen MR) is 79.3 cm³/mol. The summed E-state index contributed by atoms with van der Waals surface area (Å²) in [5, 5.41) is 3.70. The average molecular weight is 265 g/mol. The second-order valence-electron chi connectivity index (χ2n) is 7.46. The molecule has 3 rings (SSSR count). The topological polar surface area (TPSA) is 21.3 Å². The normalized spacial score (nSPS) is 38.1. The third-order valence-corrected chi connectivity index (χ3v) is 5.70. The van der Waals surface area contributed by atoms with Crippen LogP contribution in [-0.4, -0.2) is 24.8 Å². The zero-order valence-corrected chi connectivity index (χ0v) is 12.6. The molecule has 0 amide bonds. The first-order chi connectivity index (χ1) is 9.26. The Kier molecular flexibility index (Phi) is 4.48. The molecule has 0 radical (unpaired) electrons. The van der Waals surface area contributed by atoms with Crippen molar-refractivity contribution in [1.82, 2.24) is 5.32 Å². The summed E-state index contributed by atoms with van der Waals surface area (Å²) >= 11 is 0. The molecule has 0 aromatic heterocycles. The minimum absolute atomic E-state index is 0.311. The lowest BCUT2D eigenvalue weighted by Gasteiger charge is -2.28. The molecule has 2 nitrogen and oxygen atoms in total. The number of hydrogen-bond donors (Lipinski definition) is 1. The summed E-state index contributed by atoms with van der Waals surface area (Å²) in [7, 11) is 0. The predicted octanol–water partition coefficient (Wildman–Crippen LogP) is 3.89. The maximum atomic E-state index is 6.36. The van der Waals surface area contributed by atoms with Crippen molar-refractivity contribution in [2.75, 3.05) is 13.1 Å². The summed E-state index contributed by atoms with van der Waals surface area (Å²) in [5.41, 5.74) is 0.311. The van der Waals surface area contributed by atoms with Crippen LogP contribution in [0.2, 0.25) is 0 Å². The van der Waals surface area contributed by atoms with Gasteiger partial charge in [0, 0.05) is 6.54 Å². The van der Waals surface area contributed by atoms with Gasteiger partial charge >= 0.3 is 0 Å². The highest BCUT2D eigenvalue weighted by molar-refractivity contribution is 4.93. The summed E-state index contributed by atoms with van der Waals surface area (Å²) in [6.45, 7) is 4.72. The highest BCUT2D eigenvalue weighted by Crippen LogP contribution is 2.43. The molecule has 2 saturated carbocycles. The highest BCUT2D eigenvalue weighted by Gasteiger charge is 2.41. The zero-order chi connectivity index (χ0) is 13.1. The maximum absolute atomic E-state index is 6.36. The second-order valence-corrected chi connectivity index (χ2v) is 7.46. The Morgan fingerprint density at radius 1 is 1.00 bits per heavy atom. The van der Waals surface area contributed by atoms with Crippen molar-refractivity contribution in [3.05, 3.63) is 0 Å². The second kappa shape index (κ2) is 6.13. The van der Waals surface area contributed by atoms with Crippen LogP contribution in [0, 0.1) is 11.8 Å². The van der Waals surface area contributed by atoms with Gasteiger partial charge in [-0.05, 0) is 56.9 Å². The summed E-state index contributed by atoms with van der Waals surface area (Å²) in [5.74, 6) is 1.87. The van der Waals surface area contributed by atoms with Gasteiger partial charge in [0.1, 0.15) is 0 Å². The first-order valence-corrected chi connectivity index (χ1v) is 8.64. The average Bonchev–Trinajstić information content (AvgIpc) is 3.01. The molecule has 1 spiro atoms. The standard InChI is InChI=1S/C17H31NO/c1-14-5-4-6-15(11-14)12-18-13-16-7-10-17(19-16)8-2-3-9-17/h14-16,18H,2-13H2,1H3. The van der Waals surface area contributed by atoms with Crippen molar-refractivity contribution >= 4 is 0 Å². The lowest BCUT2D eigenvalue weighted by molar-refractivity contribution is -0.0353. The molecule has 0 aromatic rings. The van der Waals surface area contributed by atoms with Crippen LogP contribution >= 0.6 is 0 Å². The third-order valence-electron chi connectivity index (χ3n) is 5.70. The fourth-order valence-corrected chi connectivity index (χ4v) is 4.62. The lowest BCUT2D eigenvalue weighted by Crippen LogP contribution is -2.34. The minimum atomic E-state index is 0.311. The fourth-order valence-electron chi connectivity index (χ4n) is 4.62. The molecule has 0 aromatic carbocycles. The Hall–Kier alpha value is -0.0800. The smallest absolute Gasteiger partial charge is 0.0708 e. The largest absolute Gasteiger partial charge is 0.370 e. The van der Waals surface area contributed by atoms with Gasteiger partial charge < -0.3 is 10.1 Å². The van der Waals surface area contributed by atoms with Crippen LogP contribution in [0.4, 0.5) is 0 Å². The Balaban J connectivity index is 1.34. The van der Waals surface area contributed by atoms with E-state index in [1.807, 2.05) is 0 Å². The third kappa shape index (κ3) is 3.52. The number of rotatable bonds is 4. The van der Waals surface area contributed by atoms with Crippen molar-refractivity contribution < 1.29 is 4.74 Å². The van der Waals surface area contributed by atoms with E-state index < -0.39 is 0 Å². The van der Waals surface area contributed by atoms with Gasteiger partial charge in [0.15, 0.2) is 0 Å². The van der Waals surface area contributed by atoms with E-state index in [1.165, 1.54) is 70.8 Å². The highest BCUT2D eigenvalue weighted by atomic mass is 16.5. The van der Waals surface area contributed by atoms with E-state index >= 15 is 0 Å². The van der Waals surface area contributed by atoms with E-state index in [4.69, 9.17) is 4.74 Å². The van der Waals surface area contributed by atoms with Gasteiger partial charge in [0.2, 0.25) is 0 Å². The van der Waals surface area contributed by atoms with Crippen LogP contribution in [0.25, 0.3) is 0 Å². The molecule has 0 bridgehead atoms. The van der Waals surface area contributed by atoms with E-state index in [9.17, 15) is 0 Å². The molecule has 1 aliphatic heterocycles. The van der Waals surface area contributed by atoms with Crippen LogP contribution in [-0.2, 0) is 4.74 Å². The summed E-state index contributed by atoms with van der Waals surface area (Å²) in [6, 6.07) is 0.